The van der Waals surface area contributed by atoms with Gasteiger partial charge in [-0.1, -0.05) is 6.92 Å². The van der Waals surface area contributed by atoms with Crippen LogP contribution < -0.4 is 5.32 Å². The topological polar surface area (TPSA) is 81.2 Å². The molecule has 19 heavy (non-hydrogen) atoms. The Labute approximate surface area is 108 Å². The molecule has 0 fully saturated rings. The van der Waals surface area contributed by atoms with Crippen LogP contribution in [0.15, 0.2) is 28.8 Å². The molecule has 1 N–H and O–H groups in total. The molecule has 0 saturated heterocycles. The number of non-ortho nitro benzene ring substituents is 1. The molecule has 0 atom stereocenters. The highest BCUT2D eigenvalue weighted by Crippen LogP contribution is 2.26. The van der Waals surface area contributed by atoms with Crippen molar-refractivity contribution in [2.75, 3.05) is 6.54 Å². The summed E-state index contributed by atoms with van der Waals surface area (Å²) in [7, 11) is 0. The number of hydrogen-bond donors (Lipinski definition) is 1. The van der Waals surface area contributed by atoms with E-state index in [4.69, 9.17) is 4.42 Å². The average molecular weight is 265 g/mol. The van der Waals surface area contributed by atoms with E-state index in [1.54, 1.807) is 0 Å². The molecule has 0 aliphatic carbocycles. The van der Waals surface area contributed by atoms with Crippen molar-refractivity contribution in [2.24, 2.45) is 0 Å². The second-order valence-electron chi connectivity index (χ2n) is 3.85. The standard InChI is InChI=1S/C12H12FN3O3/c1-2-14-7-12-15-6-11(19-12)8-3-9(13)5-10(4-8)16(17)18/h3-6,14H,2,7H2,1H3. The SMILES string of the molecule is CCNCc1ncc(-c2cc(F)cc([N+](=O)[O-])c2)o1. The fourth-order valence-electron chi connectivity index (χ4n) is 1.58. The fraction of sp³-hybridized carbons (Fsp3) is 0.250. The third-order valence-corrected chi connectivity index (χ3v) is 2.46. The predicted molar refractivity (Wildman–Crippen MR) is 65.9 cm³/mol. The van der Waals surface area contributed by atoms with Crippen LogP contribution in [0.4, 0.5) is 10.1 Å². The zero-order valence-electron chi connectivity index (χ0n) is 10.2. The minimum absolute atomic E-state index is 0.293. The second-order valence-corrected chi connectivity index (χ2v) is 3.85. The molecule has 7 heteroatoms. The monoisotopic (exact) mass is 265 g/mol. The van der Waals surface area contributed by atoms with Crippen molar-refractivity contribution in [2.45, 2.75) is 13.5 Å². The maximum atomic E-state index is 13.3. The fourth-order valence-corrected chi connectivity index (χ4v) is 1.58. The number of aromatic nitrogens is 1. The quantitative estimate of drug-likeness (QED) is 0.663. The van der Waals surface area contributed by atoms with Gasteiger partial charge in [0.1, 0.15) is 5.82 Å². The van der Waals surface area contributed by atoms with Gasteiger partial charge in [-0.3, -0.25) is 10.1 Å². The van der Waals surface area contributed by atoms with Crippen LogP contribution in [0.1, 0.15) is 12.8 Å². The lowest BCUT2D eigenvalue weighted by Crippen LogP contribution is -2.11. The molecular weight excluding hydrogens is 253 g/mol. The highest BCUT2D eigenvalue weighted by molar-refractivity contribution is 5.60. The van der Waals surface area contributed by atoms with Crippen LogP contribution in [-0.2, 0) is 6.54 Å². The third-order valence-electron chi connectivity index (χ3n) is 2.46. The summed E-state index contributed by atoms with van der Waals surface area (Å²) in [4.78, 5) is 14.0. The van der Waals surface area contributed by atoms with Crippen molar-refractivity contribution in [1.29, 1.82) is 0 Å². The number of nitro benzene ring substituents is 1. The first-order valence-electron chi connectivity index (χ1n) is 5.71. The summed E-state index contributed by atoms with van der Waals surface area (Å²) < 4.78 is 18.7. The summed E-state index contributed by atoms with van der Waals surface area (Å²) in [5.74, 6) is 0.0631. The first kappa shape index (κ1) is 13.2. The molecule has 0 aliphatic heterocycles. The number of nitro groups is 1. The van der Waals surface area contributed by atoms with E-state index in [0.717, 1.165) is 12.6 Å². The van der Waals surface area contributed by atoms with Crippen LogP contribution in [0.3, 0.4) is 0 Å². The van der Waals surface area contributed by atoms with Crippen LogP contribution >= 0.6 is 0 Å². The van der Waals surface area contributed by atoms with Crippen LogP contribution in [0, 0.1) is 15.9 Å². The summed E-state index contributed by atoms with van der Waals surface area (Å²) >= 11 is 0. The van der Waals surface area contributed by atoms with Gasteiger partial charge in [0.25, 0.3) is 5.69 Å². The van der Waals surface area contributed by atoms with Gasteiger partial charge in [0.2, 0.25) is 5.89 Å². The predicted octanol–water partition coefficient (Wildman–Crippen LogP) is 2.50. The van der Waals surface area contributed by atoms with Crippen LogP contribution in [0.25, 0.3) is 11.3 Å². The van der Waals surface area contributed by atoms with Gasteiger partial charge in [-0.15, -0.1) is 0 Å². The van der Waals surface area contributed by atoms with Crippen molar-refractivity contribution in [3.63, 3.8) is 0 Å². The molecule has 6 nitrogen and oxygen atoms in total. The molecule has 0 saturated carbocycles. The van der Waals surface area contributed by atoms with Gasteiger partial charge >= 0.3 is 0 Å². The highest BCUT2D eigenvalue weighted by Gasteiger charge is 2.14. The number of hydrogen-bond acceptors (Lipinski definition) is 5. The van der Waals surface area contributed by atoms with Gasteiger partial charge in [0.15, 0.2) is 5.76 Å². The maximum absolute atomic E-state index is 13.3. The number of nitrogens with zero attached hydrogens (tertiary/aromatic N) is 2. The largest absolute Gasteiger partial charge is 0.439 e. The molecule has 0 radical (unpaired) electrons. The van der Waals surface area contributed by atoms with Gasteiger partial charge in [-0.25, -0.2) is 9.37 Å². The Hall–Kier alpha value is -2.28. The van der Waals surface area contributed by atoms with Crippen molar-refractivity contribution in [3.05, 3.63) is 46.2 Å². The molecular formula is C12H12FN3O3. The molecule has 0 unspecified atom stereocenters. The van der Waals surface area contributed by atoms with E-state index in [1.807, 2.05) is 6.92 Å². The minimum atomic E-state index is -0.686. The maximum Gasteiger partial charge on any atom is 0.273 e. The summed E-state index contributed by atoms with van der Waals surface area (Å²) in [5.41, 5.74) is -0.0263. The highest BCUT2D eigenvalue weighted by atomic mass is 19.1. The van der Waals surface area contributed by atoms with E-state index in [-0.39, 0.29) is 5.69 Å². The normalized spacial score (nSPS) is 10.6. The number of rotatable bonds is 5. The first-order chi connectivity index (χ1) is 9.10. The Morgan fingerprint density at radius 1 is 1.47 bits per heavy atom. The van der Waals surface area contributed by atoms with E-state index in [2.05, 4.69) is 10.3 Å². The number of oxazole rings is 1. The summed E-state index contributed by atoms with van der Waals surface area (Å²) in [6, 6.07) is 3.28. The molecule has 1 aromatic carbocycles. The number of nitrogens with one attached hydrogen (secondary N) is 1. The van der Waals surface area contributed by atoms with Gasteiger partial charge in [0, 0.05) is 11.6 Å². The Bertz CT molecular complexity index is 598. The molecule has 0 amide bonds. The second kappa shape index (κ2) is 5.57. The van der Waals surface area contributed by atoms with Gasteiger partial charge < -0.3 is 9.73 Å². The molecule has 2 rings (SSSR count). The van der Waals surface area contributed by atoms with Crippen molar-refractivity contribution < 1.29 is 13.7 Å². The zero-order valence-corrected chi connectivity index (χ0v) is 10.2. The van der Waals surface area contributed by atoms with E-state index in [1.165, 1.54) is 18.3 Å². The Balaban J connectivity index is 2.30. The molecule has 2 aromatic rings. The van der Waals surface area contributed by atoms with Crippen LogP contribution in [0.5, 0.6) is 0 Å². The smallest absolute Gasteiger partial charge is 0.273 e. The van der Waals surface area contributed by atoms with Gasteiger partial charge in [-0.05, 0) is 12.6 Å². The molecule has 100 valence electrons. The average Bonchev–Trinajstić information content (AvgIpc) is 2.84. The van der Waals surface area contributed by atoms with Crippen LogP contribution in [0.2, 0.25) is 0 Å². The lowest BCUT2D eigenvalue weighted by Gasteiger charge is -1.98. The van der Waals surface area contributed by atoms with Gasteiger partial charge in [0.05, 0.1) is 23.7 Å². The van der Waals surface area contributed by atoms with Crippen LogP contribution in [-0.4, -0.2) is 16.5 Å². The van der Waals surface area contributed by atoms with E-state index >= 15 is 0 Å². The first-order valence-corrected chi connectivity index (χ1v) is 5.71. The van der Waals surface area contributed by atoms with Gasteiger partial charge in [-0.2, -0.15) is 0 Å². The lowest BCUT2D eigenvalue weighted by molar-refractivity contribution is -0.385. The van der Waals surface area contributed by atoms with Crippen molar-refractivity contribution >= 4 is 5.69 Å². The van der Waals surface area contributed by atoms with E-state index in [0.29, 0.717) is 23.8 Å². The Morgan fingerprint density at radius 2 is 2.26 bits per heavy atom. The van der Waals surface area contributed by atoms with Crippen molar-refractivity contribution in [1.82, 2.24) is 10.3 Å². The van der Waals surface area contributed by atoms with E-state index < -0.39 is 10.7 Å². The molecule has 0 bridgehead atoms. The molecule has 0 spiro atoms. The summed E-state index contributed by atoms with van der Waals surface area (Å²) in [5, 5.41) is 13.7. The summed E-state index contributed by atoms with van der Waals surface area (Å²) in [6.07, 6.45) is 1.42. The molecule has 1 heterocycles. The zero-order chi connectivity index (χ0) is 13.8. The van der Waals surface area contributed by atoms with E-state index in [9.17, 15) is 14.5 Å². The Morgan fingerprint density at radius 3 is 2.95 bits per heavy atom. The third kappa shape index (κ3) is 3.14. The number of benzene rings is 1. The molecule has 1 aromatic heterocycles. The summed E-state index contributed by atoms with van der Waals surface area (Å²) in [6.45, 7) is 3.16. The Kier molecular flexibility index (Phi) is 3.86. The lowest BCUT2D eigenvalue weighted by atomic mass is 10.1. The number of halogens is 1. The molecule has 0 aliphatic rings. The minimum Gasteiger partial charge on any atom is -0.439 e. The van der Waals surface area contributed by atoms with Crippen molar-refractivity contribution in [3.8, 4) is 11.3 Å².